The van der Waals surface area contributed by atoms with Crippen molar-refractivity contribution >= 4 is 64.8 Å². The lowest BCUT2D eigenvalue weighted by Crippen LogP contribution is -2.38. The standard InChI is InChI=1S/C25H22ClNO6S.HI/c1-15(28)32-20-10-6-4-8-18(20)24(29)33-22-13-16-14-27(12-11-21(16)34-22)23(25(30)31-2)17-7-3-5-9-19(17)26;/h3-10,13,23H,11-12,14H2,1-2H3;1H. The first-order valence-corrected chi connectivity index (χ1v) is 11.7. The molecule has 0 saturated heterocycles. The number of hydrogen-bond donors (Lipinski definition) is 0. The molecular weight excluding hydrogens is 605 g/mol. The van der Waals surface area contributed by atoms with Crippen LogP contribution in [0.5, 0.6) is 10.8 Å². The Kier molecular flexibility index (Phi) is 9.28. The van der Waals surface area contributed by atoms with E-state index in [1.807, 2.05) is 23.1 Å². The van der Waals surface area contributed by atoms with Crippen LogP contribution in [-0.2, 0) is 27.3 Å². The van der Waals surface area contributed by atoms with E-state index in [2.05, 4.69) is 0 Å². The minimum Gasteiger partial charge on any atom is -0.468 e. The van der Waals surface area contributed by atoms with E-state index in [0.717, 1.165) is 10.4 Å². The van der Waals surface area contributed by atoms with Crippen LogP contribution < -0.4 is 9.47 Å². The summed E-state index contributed by atoms with van der Waals surface area (Å²) >= 11 is 7.77. The maximum atomic E-state index is 12.8. The van der Waals surface area contributed by atoms with Crippen LogP contribution >= 0.6 is 46.9 Å². The van der Waals surface area contributed by atoms with Gasteiger partial charge >= 0.3 is 17.9 Å². The number of rotatable bonds is 6. The zero-order valence-corrected chi connectivity index (χ0v) is 22.9. The smallest absolute Gasteiger partial charge is 0.348 e. The maximum Gasteiger partial charge on any atom is 0.348 e. The summed E-state index contributed by atoms with van der Waals surface area (Å²) in [6.07, 6.45) is 0.680. The molecule has 0 amide bonds. The van der Waals surface area contributed by atoms with Crippen molar-refractivity contribution in [2.45, 2.75) is 25.9 Å². The molecule has 3 aromatic rings. The number of fused-ring (bicyclic) bond motifs is 1. The molecule has 2 heterocycles. The van der Waals surface area contributed by atoms with Crippen molar-refractivity contribution in [1.82, 2.24) is 4.90 Å². The normalized spacial score (nSPS) is 13.7. The number of ether oxygens (including phenoxy) is 3. The van der Waals surface area contributed by atoms with Gasteiger partial charge < -0.3 is 14.2 Å². The molecule has 0 saturated carbocycles. The Morgan fingerprint density at radius 2 is 1.77 bits per heavy atom. The van der Waals surface area contributed by atoms with E-state index in [-0.39, 0.29) is 41.3 Å². The number of nitrogens with zero attached hydrogens (tertiary/aromatic N) is 1. The van der Waals surface area contributed by atoms with Gasteiger partial charge in [-0.25, -0.2) is 9.59 Å². The minimum absolute atomic E-state index is 0. The summed E-state index contributed by atoms with van der Waals surface area (Å²) in [5.74, 6) is -1.38. The van der Waals surface area contributed by atoms with Crippen molar-refractivity contribution in [3.8, 4) is 10.8 Å². The Morgan fingerprint density at radius 3 is 2.49 bits per heavy atom. The number of thiophene rings is 1. The molecule has 0 fully saturated rings. The molecule has 1 atom stereocenters. The lowest BCUT2D eigenvalue weighted by molar-refractivity contribution is -0.147. The van der Waals surface area contributed by atoms with Crippen molar-refractivity contribution in [3.05, 3.63) is 81.2 Å². The molecule has 1 aliphatic heterocycles. The highest BCUT2D eigenvalue weighted by Gasteiger charge is 2.33. The van der Waals surface area contributed by atoms with Crippen LogP contribution in [-0.4, -0.2) is 36.5 Å². The molecule has 1 unspecified atom stereocenters. The summed E-state index contributed by atoms with van der Waals surface area (Å²) in [5, 5.41) is 0.928. The second-order valence-electron chi connectivity index (χ2n) is 7.66. The zero-order chi connectivity index (χ0) is 24.2. The summed E-state index contributed by atoms with van der Waals surface area (Å²) in [6.45, 7) is 2.35. The maximum absolute atomic E-state index is 12.8. The predicted molar refractivity (Wildman–Crippen MR) is 143 cm³/mol. The number of methoxy groups -OCH3 is 1. The molecule has 0 bridgehead atoms. The topological polar surface area (TPSA) is 82.1 Å². The first-order chi connectivity index (χ1) is 16.4. The molecular formula is C25H23ClINO6S. The van der Waals surface area contributed by atoms with Crippen molar-refractivity contribution in [2.24, 2.45) is 0 Å². The number of carbonyl (C=O) groups excluding carboxylic acids is 3. The highest BCUT2D eigenvalue weighted by Crippen LogP contribution is 2.38. The van der Waals surface area contributed by atoms with Gasteiger partial charge in [0.1, 0.15) is 17.4 Å². The zero-order valence-electron chi connectivity index (χ0n) is 19.0. The van der Waals surface area contributed by atoms with Gasteiger partial charge in [0, 0.05) is 29.9 Å². The number of benzene rings is 2. The monoisotopic (exact) mass is 627 g/mol. The van der Waals surface area contributed by atoms with E-state index < -0.39 is 18.0 Å². The third kappa shape index (κ3) is 6.21. The van der Waals surface area contributed by atoms with Crippen molar-refractivity contribution < 1.29 is 28.6 Å². The van der Waals surface area contributed by atoms with Crippen LogP contribution in [0.1, 0.15) is 39.3 Å². The largest absolute Gasteiger partial charge is 0.468 e. The average Bonchev–Trinajstić information content (AvgIpc) is 3.21. The summed E-state index contributed by atoms with van der Waals surface area (Å²) in [5.41, 5.74) is 1.81. The van der Waals surface area contributed by atoms with Crippen LogP contribution in [0.4, 0.5) is 0 Å². The molecule has 0 aliphatic carbocycles. The summed E-state index contributed by atoms with van der Waals surface area (Å²) < 4.78 is 15.8. The van der Waals surface area contributed by atoms with Gasteiger partial charge in [0.15, 0.2) is 5.06 Å². The van der Waals surface area contributed by atoms with E-state index >= 15 is 0 Å². The molecule has 4 rings (SSSR count). The van der Waals surface area contributed by atoms with Crippen molar-refractivity contribution in [2.75, 3.05) is 13.7 Å². The number of hydrogen-bond acceptors (Lipinski definition) is 8. The molecule has 2 aromatic carbocycles. The molecule has 35 heavy (non-hydrogen) atoms. The molecule has 0 radical (unpaired) electrons. The van der Waals surface area contributed by atoms with E-state index in [1.165, 1.54) is 31.4 Å². The van der Waals surface area contributed by atoms with Gasteiger partial charge in [-0.15, -0.1) is 35.3 Å². The van der Waals surface area contributed by atoms with Gasteiger partial charge in [-0.1, -0.05) is 41.9 Å². The third-order valence-electron chi connectivity index (χ3n) is 5.42. The van der Waals surface area contributed by atoms with Gasteiger partial charge in [0.05, 0.1) is 7.11 Å². The van der Waals surface area contributed by atoms with Gasteiger partial charge in [-0.05, 0) is 41.8 Å². The van der Waals surface area contributed by atoms with Crippen LogP contribution in [0.25, 0.3) is 0 Å². The van der Waals surface area contributed by atoms with Gasteiger partial charge in [0.25, 0.3) is 0 Å². The minimum atomic E-state index is -0.645. The highest BCUT2D eigenvalue weighted by molar-refractivity contribution is 14.0. The third-order valence-corrected chi connectivity index (χ3v) is 6.88. The Labute approximate surface area is 228 Å². The van der Waals surface area contributed by atoms with Gasteiger partial charge in [-0.3, -0.25) is 9.69 Å². The van der Waals surface area contributed by atoms with E-state index in [0.29, 0.717) is 35.2 Å². The second-order valence-corrected chi connectivity index (χ2v) is 9.17. The molecule has 7 nitrogen and oxygen atoms in total. The van der Waals surface area contributed by atoms with Gasteiger partial charge in [0.2, 0.25) is 0 Å². The number of halogens is 2. The van der Waals surface area contributed by atoms with E-state index in [9.17, 15) is 14.4 Å². The molecule has 184 valence electrons. The summed E-state index contributed by atoms with van der Waals surface area (Å²) in [4.78, 5) is 39.8. The Hall–Kier alpha value is -2.47. The van der Waals surface area contributed by atoms with Crippen LogP contribution in [0.15, 0.2) is 54.6 Å². The lowest BCUT2D eigenvalue weighted by Gasteiger charge is -2.33. The molecule has 10 heteroatoms. The predicted octanol–water partition coefficient (Wildman–Crippen LogP) is 5.44. The Balaban J connectivity index is 0.00000342. The molecule has 0 N–H and O–H groups in total. The Bertz CT molecular complexity index is 1250. The molecule has 0 spiro atoms. The first kappa shape index (κ1) is 27.1. The fourth-order valence-electron chi connectivity index (χ4n) is 3.90. The van der Waals surface area contributed by atoms with E-state index in [4.69, 9.17) is 25.8 Å². The average molecular weight is 628 g/mol. The van der Waals surface area contributed by atoms with Crippen molar-refractivity contribution in [1.29, 1.82) is 0 Å². The molecule has 1 aliphatic rings. The fourth-order valence-corrected chi connectivity index (χ4v) is 5.15. The second kappa shape index (κ2) is 12.0. The fraction of sp³-hybridized carbons (Fsp3) is 0.240. The van der Waals surface area contributed by atoms with Crippen LogP contribution in [0.2, 0.25) is 5.02 Å². The molecule has 1 aromatic heterocycles. The van der Waals surface area contributed by atoms with E-state index in [1.54, 1.807) is 30.3 Å². The number of para-hydroxylation sites is 1. The quantitative estimate of drug-likeness (QED) is 0.205. The van der Waals surface area contributed by atoms with Crippen LogP contribution in [0.3, 0.4) is 0 Å². The summed E-state index contributed by atoms with van der Waals surface area (Å²) in [7, 11) is 1.36. The summed E-state index contributed by atoms with van der Waals surface area (Å²) in [6, 6.07) is 14.8. The first-order valence-electron chi connectivity index (χ1n) is 10.5. The highest BCUT2D eigenvalue weighted by atomic mass is 127. The number of esters is 3. The SMILES string of the molecule is COC(=O)C(c1ccccc1Cl)N1CCc2sc(OC(=O)c3ccccc3OC(C)=O)cc2C1.I. The van der Waals surface area contributed by atoms with Crippen LogP contribution in [0, 0.1) is 0 Å². The Morgan fingerprint density at radius 1 is 1.06 bits per heavy atom. The van der Waals surface area contributed by atoms with Gasteiger partial charge in [-0.2, -0.15) is 0 Å². The number of carbonyl (C=O) groups is 3. The lowest BCUT2D eigenvalue weighted by atomic mass is 10.0. The van der Waals surface area contributed by atoms with Crippen molar-refractivity contribution in [3.63, 3.8) is 0 Å².